The Morgan fingerprint density at radius 1 is 1.09 bits per heavy atom. The van der Waals surface area contributed by atoms with Crippen molar-refractivity contribution in [2.45, 2.75) is 25.3 Å². The van der Waals surface area contributed by atoms with Gasteiger partial charge in [-0.2, -0.15) is 0 Å². The number of amides is 2. The summed E-state index contributed by atoms with van der Waals surface area (Å²) in [6, 6.07) is 15.2. The van der Waals surface area contributed by atoms with Crippen molar-refractivity contribution in [3.8, 4) is 11.1 Å². The highest BCUT2D eigenvalue weighted by Crippen LogP contribution is 2.44. The monoisotopic (exact) mass is 466 g/mol. The van der Waals surface area contributed by atoms with E-state index in [2.05, 4.69) is 17.4 Å². The van der Waals surface area contributed by atoms with Gasteiger partial charge in [-0.05, 0) is 34.6 Å². The molecule has 0 bridgehead atoms. The number of carboxylic acid groups (broad SMARTS) is 1. The molecule has 0 spiro atoms. The van der Waals surface area contributed by atoms with E-state index in [4.69, 9.17) is 9.47 Å². The second-order valence-electron chi connectivity index (χ2n) is 8.97. The topological polar surface area (TPSA) is 105 Å². The molecule has 2 amide bonds. The zero-order valence-corrected chi connectivity index (χ0v) is 19.4. The van der Waals surface area contributed by atoms with Crippen LogP contribution in [0.5, 0.6) is 0 Å². The third-order valence-corrected chi connectivity index (χ3v) is 6.85. The van der Waals surface area contributed by atoms with Gasteiger partial charge in [0.2, 0.25) is 5.91 Å². The Labute approximate surface area is 198 Å². The molecular weight excluding hydrogens is 436 g/mol. The molecule has 0 saturated carbocycles. The van der Waals surface area contributed by atoms with Crippen LogP contribution in [-0.2, 0) is 19.1 Å². The number of likely N-dealkylation sites (tertiary alicyclic amines) is 1. The van der Waals surface area contributed by atoms with Crippen molar-refractivity contribution in [2.24, 2.45) is 11.8 Å². The number of carbonyl (C=O) groups excluding carboxylic acids is 2. The summed E-state index contributed by atoms with van der Waals surface area (Å²) in [6.07, 6.45) is -0.120. The first-order valence-electron chi connectivity index (χ1n) is 11.5. The number of nitrogens with zero attached hydrogens (tertiary/aromatic N) is 1. The van der Waals surface area contributed by atoms with Crippen LogP contribution in [0.3, 0.4) is 0 Å². The van der Waals surface area contributed by atoms with Gasteiger partial charge in [0.05, 0.1) is 12.5 Å². The van der Waals surface area contributed by atoms with Crippen molar-refractivity contribution in [3.63, 3.8) is 0 Å². The lowest BCUT2D eigenvalue weighted by atomic mass is 9.87. The quantitative estimate of drug-likeness (QED) is 0.650. The summed E-state index contributed by atoms with van der Waals surface area (Å²) in [6.45, 7) is 2.53. The van der Waals surface area contributed by atoms with Crippen molar-refractivity contribution in [3.05, 3.63) is 59.7 Å². The lowest BCUT2D eigenvalue weighted by molar-refractivity contribution is -0.148. The molecule has 0 radical (unpaired) electrons. The van der Waals surface area contributed by atoms with Gasteiger partial charge in [0.1, 0.15) is 12.6 Å². The summed E-state index contributed by atoms with van der Waals surface area (Å²) < 4.78 is 10.7. The molecule has 1 aliphatic carbocycles. The number of hydrogen-bond acceptors (Lipinski definition) is 5. The minimum absolute atomic E-state index is 0.0162. The number of alkyl carbamates (subject to hydrolysis) is 1. The maximum absolute atomic E-state index is 13.1. The van der Waals surface area contributed by atoms with Crippen LogP contribution < -0.4 is 5.32 Å². The molecule has 2 aliphatic rings. The van der Waals surface area contributed by atoms with Gasteiger partial charge in [-0.1, -0.05) is 55.5 Å². The van der Waals surface area contributed by atoms with Gasteiger partial charge < -0.3 is 24.8 Å². The van der Waals surface area contributed by atoms with E-state index in [1.54, 1.807) is 0 Å². The molecule has 1 saturated heterocycles. The number of methoxy groups -OCH3 is 1. The largest absolute Gasteiger partial charge is 0.481 e. The van der Waals surface area contributed by atoms with Gasteiger partial charge >= 0.3 is 12.1 Å². The highest BCUT2D eigenvalue weighted by Gasteiger charge is 2.36. The van der Waals surface area contributed by atoms with Gasteiger partial charge in [-0.25, -0.2) is 4.79 Å². The fourth-order valence-corrected chi connectivity index (χ4v) is 4.94. The predicted molar refractivity (Wildman–Crippen MR) is 125 cm³/mol. The molecule has 2 aromatic carbocycles. The molecule has 2 aromatic rings. The molecule has 3 atom stereocenters. The summed E-state index contributed by atoms with van der Waals surface area (Å²) in [5, 5.41) is 12.1. The molecular formula is C26H30N2O6. The summed E-state index contributed by atoms with van der Waals surface area (Å²) >= 11 is 0. The Kier molecular flexibility index (Phi) is 7.17. The highest BCUT2D eigenvalue weighted by molar-refractivity contribution is 5.86. The summed E-state index contributed by atoms with van der Waals surface area (Å²) in [5.41, 5.74) is 4.46. The lowest BCUT2D eigenvalue weighted by Gasteiger charge is -2.36. The number of fused-ring (bicyclic) bond motifs is 3. The molecule has 180 valence electrons. The summed E-state index contributed by atoms with van der Waals surface area (Å²) in [5.74, 6) is -2.02. The van der Waals surface area contributed by atoms with Crippen LogP contribution in [0.1, 0.15) is 30.4 Å². The number of piperidine rings is 1. The molecule has 1 fully saturated rings. The first kappa shape index (κ1) is 23.8. The van der Waals surface area contributed by atoms with Crippen molar-refractivity contribution in [1.82, 2.24) is 10.2 Å². The van der Waals surface area contributed by atoms with E-state index >= 15 is 0 Å². The second-order valence-corrected chi connectivity index (χ2v) is 8.97. The van der Waals surface area contributed by atoms with Gasteiger partial charge in [-0.15, -0.1) is 0 Å². The van der Waals surface area contributed by atoms with Gasteiger partial charge in [0, 0.05) is 26.1 Å². The lowest BCUT2D eigenvalue weighted by Crippen LogP contribution is -2.55. The third kappa shape index (κ3) is 4.77. The number of benzene rings is 2. The minimum Gasteiger partial charge on any atom is -0.481 e. The van der Waals surface area contributed by atoms with Crippen molar-refractivity contribution in [1.29, 1.82) is 0 Å². The maximum Gasteiger partial charge on any atom is 0.407 e. The zero-order chi connectivity index (χ0) is 24.2. The Balaban J connectivity index is 1.40. The molecule has 2 unspecified atom stereocenters. The van der Waals surface area contributed by atoms with Crippen LogP contribution in [0.25, 0.3) is 11.1 Å². The van der Waals surface area contributed by atoms with Crippen LogP contribution in [0.2, 0.25) is 0 Å². The number of nitrogens with one attached hydrogen (secondary N) is 1. The van der Waals surface area contributed by atoms with Crippen LogP contribution in [0.4, 0.5) is 4.79 Å². The van der Waals surface area contributed by atoms with Crippen molar-refractivity contribution >= 4 is 18.0 Å². The van der Waals surface area contributed by atoms with Crippen LogP contribution >= 0.6 is 0 Å². The minimum atomic E-state index is -0.955. The molecule has 0 aromatic heterocycles. The molecule has 34 heavy (non-hydrogen) atoms. The predicted octanol–water partition coefficient (Wildman–Crippen LogP) is 3.11. The SMILES string of the molecule is COC[C@H](NC(=O)OCC1c2ccccc2-c2ccccc21)C(=O)N1CCC(C)C(C(=O)O)C1. The number of ether oxygens (including phenoxy) is 2. The number of aliphatic carboxylic acids is 1. The smallest absolute Gasteiger partial charge is 0.407 e. The van der Waals surface area contributed by atoms with E-state index in [1.165, 1.54) is 12.0 Å². The highest BCUT2D eigenvalue weighted by atomic mass is 16.5. The van der Waals surface area contributed by atoms with Crippen LogP contribution in [0, 0.1) is 11.8 Å². The van der Waals surface area contributed by atoms with Crippen LogP contribution in [-0.4, -0.2) is 67.4 Å². The second kappa shape index (κ2) is 10.3. The fraction of sp³-hybridized carbons (Fsp3) is 0.423. The third-order valence-electron chi connectivity index (χ3n) is 6.85. The van der Waals surface area contributed by atoms with E-state index in [0.717, 1.165) is 22.3 Å². The van der Waals surface area contributed by atoms with Crippen molar-refractivity contribution < 1.29 is 29.0 Å². The number of hydrogen-bond donors (Lipinski definition) is 2. The molecule has 4 rings (SSSR count). The Bertz CT molecular complexity index is 1030. The van der Waals surface area contributed by atoms with E-state index < -0.39 is 24.0 Å². The Hall–Kier alpha value is -3.39. The molecule has 8 nitrogen and oxygen atoms in total. The summed E-state index contributed by atoms with van der Waals surface area (Å²) in [7, 11) is 1.44. The zero-order valence-electron chi connectivity index (χ0n) is 19.4. The summed E-state index contributed by atoms with van der Waals surface area (Å²) in [4.78, 5) is 38.8. The Morgan fingerprint density at radius 2 is 1.71 bits per heavy atom. The Morgan fingerprint density at radius 3 is 2.29 bits per heavy atom. The number of carboxylic acids is 1. The van der Waals surface area contributed by atoms with E-state index in [1.807, 2.05) is 43.3 Å². The van der Waals surface area contributed by atoms with Gasteiger partial charge in [-0.3, -0.25) is 9.59 Å². The van der Waals surface area contributed by atoms with E-state index in [9.17, 15) is 19.5 Å². The van der Waals surface area contributed by atoms with E-state index in [0.29, 0.717) is 13.0 Å². The molecule has 2 N–H and O–H groups in total. The molecule has 8 heteroatoms. The average molecular weight is 467 g/mol. The van der Waals surface area contributed by atoms with Crippen molar-refractivity contribution in [2.75, 3.05) is 33.4 Å². The van der Waals surface area contributed by atoms with Crippen LogP contribution in [0.15, 0.2) is 48.5 Å². The number of rotatable bonds is 7. The van der Waals surface area contributed by atoms with Gasteiger partial charge in [0.25, 0.3) is 0 Å². The normalized spacial score (nSPS) is 20.2. The standard InChI is InChI=1S/C26H30N2O6/c1-16-11-12-28(13-21(16)25(30)31)24(29)23(15-33-2)27-26(32)34-14-22-19-9-5-3-7-17(19)18-8-4-6-10-20(18)22/h3-10,16,21-23H,11-15H2,1-2H3,(H,27,32)(H,30,31)/t16?,21?,23-/m0/s1. The molecule has 1 aliphatic heterocycles. The average Bonchev–Trinajstić information content (AvgIpc) is 3.16. The number of carbonyl (C=O) groups is 3. The first-order valence-corrected chi connectivity index (χ1v) is 11.5. The molecule has 1 heterocycles. The van der Waals surface area contributed by atoms with E-state index in [-0.39, 0.29) is 37.5 Å². The fourth-order valence-electron chi connectivity index (χ4n) is 4.94. The first-order chi connectivity index (χ1) is 16.4. The van der Waals surface area contributed by atoms with Gasteiger partial charge in [0.15, 0.2) is 0 Å². The maximum atomic E-state index is 13.1.